The summed E-state index contributed by atoms with van der Waals surface area (Å²) in [6.45, 7) is 3.93. The van der Waals surface area contributed by atoms with Crippen LogP contribution >= 0.6 is 0 Å². The van der Waals surface area contributed by atoms with Crippen molar-refractivity contribution in [2.75, 3.05) is 11.0 Å². The maximum Gasteiger partial charge on any atom is 0.255 e. The van der Waals surface area contributed by atoms with Crippen molar-refractivity contribution in [2.24, 2.45) is 0 Å². The average Bonchev–Trinajstić information content (AvgIpc) is 2.94. The maximum atomic E-state index is 12.7. The summed E-state index contributed by atoms with van der Waals surface area (Å²) in [5, 5.41) is 7.37. The van der Waals surface area contributed by atoms with E-state index in [1.165, 1.54) is 0 Å². The predicted octanol–water partition coefficient (Wildman–Crippen LogP) is 2.79. The van der Waals surface area contributed by atoms with Crippen molar-refractivity contribution in [3.8, 4) is 5.69 Å². The quantitative estimate of drug-likeness (QED) is 0.668. The zero-order valence-corrected chi connectivity index (χ0v) is 16.7. The molecule has 0 radical (unpaired) electrons. The minimum Gasteiger partial charge on any atom is -0.348 e. The number of sulfonamides is 1. The largest absolute Gasteiger partial charge is 0.348 e. The SMILES string of the molecule is Cc1nn(-c2ccccc2)c(C)c1C(=O)NCc1cccc(NS(C)(=O)=O)c1. The first-order valence-electron chi connectivity index (χ1n) is 8.71. The molecular formula is C20H22N4O3S. The number of benzene rings is 2. The highest BCUT2D eigenvalue weighted by Gasteiger charge is 2.19. The Kier molecular flexibility index (Phi) is 5.51. The van der Waals surface area contributed by atoms with Gasteiger partial charge in [-0.2, -0.15) is 5.10 Å². The fourth-order valence-electron chi connectivity index (χ4n) is 3.02. The number of nitrogens with one attached hydrogen (secondary N) is 2. The minimum absolute atomic E-state index is 0.223. The molecule has 0 atom stereocenters. The van der Waals surface area contributed by atoms with Crippen LogP contribution in [0.3, 0.4) is 0 Å². The monoisotopic (exact) mass is 398 g/mol. The van der Waals surface area contributed by atoms with E-state index in [-0.39, 0.29) is 12.5 Å². The zero-order valence-electron chi connectivity index (χ0n) is 15.9. The minimum atomic E-state index is -3.35. The Balaban J connectivity index is 1.76. The van der Waals surface area contributed by atoms with Gasteiger partial charge in [-0.1, -0.05) is 30.3 Å². The van der Waals surface area contributed by atoms with Crippen LogP contribution < -0.4 is 10.0 Å². The predicted molar refractivity (Wildman–Crippen MR) is 109 cm³/mol. The molecule has 0 saturated heterocycles. The van der Waals surface area contributed by atoms with Gasteiger partial charge < -0.3 is 5.32 Å². The van der Waals surface area contributed by atoms with Crippen LogP contribution in [0.15, 0.2) is 54.6 Å². The third-order valence-electron chi connectivity index (χ3n) is 4.20. The van der Waals surface area contributed by atoms with Gasteiger partial charge in [-0.25, -0.2) is 13.1 Å². The molecule has 28 heavy (non-hydrogen) atoms. The van der Waals surface area contributed by atoms with Crippen LogP contribution in [0.1, 0.15) is 27.3 Å². The third kappa shape index (κ3) is 4.58. The number of carbonyl (C=O) groups excluding carboxylic acids is 1. The smallest absolute Gasteiger partial charge is 0.255 e. The molecule has 0 unspecified atom stereocenters. The number of anilines is 1. The lowest BCUT2D eigenvalue weighted by Gasteiger charge is -2.09. The Labute approximate surface area is 164 Å². The molecule has 0 aliphatic heterocycles. The first-order chi connectivity index (χ1) is 13.2. The van der Waals surface area contributed by atoms with E-state index in [9.17, 15) is 13.2 Å². The van der Waals surface area contributed by atoms with Gasteiger partial charge >= 0.3 is 0 Å². The Bertz CT molecular complexity index is 1110. The number of rotatable bonds is 6. The lowest BCUT2D eigenvalue weighted by molar-refractivity contribution is 0.0949. The summed E-state index contributed by atoms with van der Waals surface area (Å²) in [4.78, 5) is 12.7. The second-order valence-corrected chi connectivity index (χ2v) is 8.30. The number of hydrogen-bond acceptors (Lipinski definition) is 4. The molecule has 1 aromatic heterocycles. The molecule has 3 rings (SSSR count). The Morgan fingerprint density at radius 3 is 2.46 bits per heavy atom. The van der Waals surface area contributed by atoms with E-state index < -0.39 is 10.0 Å². The summed E-state index contributed by atoms with van der Waals surface area (Å²) in [5.74, 6) is -0.223. The van der Waals surface area contributed by atoms with Crippen LogP contribution in [-0.4, -0.2) is 30.4 Å². The number of nitrogens with zero attached hydrogens (tertiary/aromatic N) is 2. The molecule has 3 aromatic rings. The van der Waals surface area contributed by atoms with E-state index in [1.54, 1.807) is 29.8 Å². The second kappa shape index (κ2) is 7.85. The summed E-state index contributed by atoms with van der Waals surface area (Å²) >= 11 is 0. The van der Waals surface area contributed by atoms with Gasteiger partial charge in [0, 0.05) is 12.2 Å². The summed E-state index contributed by atoms with van der Waals surface area (Å²) in [6, 6.07) is 16.5. The number of para-hydroxylation sites is 1. The number of aromatic nitrogens is 2. The van der Waals surface area contributed by atoms with Crippen LogP contribution in [0.5, 0.6) is 0 Å². The lowest BCUT2D eigenvalue weighted by atomic mass is 10.1. The Morgan fingerprint density at radius 2 is 1.79 bits per heavy atom. The van der Waals surface area contributed by atoms with Crippen molar-refractivity contribution in [3.63, 3.8) is 0 Å². The van der Waals surface area contributed by atoms with Crippen LogP contribution in [0.2, 0.25) is 0 Å². The van der Waals surface area contributed by atoms with E-state index in [0.717, 1.165) is 23.2 Å². The van der Waals surface area contributed by atoms with Gasteiger partial charge in [0.15, 0.2) is 0 Å². The van der Waals surface area contributed by atoms with Crippen LogP contribution in [0.25, 0.3) is 5.69 Å². The van der Waals surface area contributed by atoms with E-state index >= 15 is 0 Å². The molecule has 7 nitrogen and oxygen atoms in total. The van der Waals surface area contributed by atoms with Crippen molar-refractivity contribution in [2.45, 2.75) is 20.4 Å². The number of hydrogen-bond donors (Lipinski definition) is 2. The van der Waals surface area contributed by atoms with E-state index in [1.807, 2.05) is 43.3 Å². The first kappa shape index (κ1) is 19.6. The third-order valence-corrected chi connectivity index (χ3v) is 4.81. The van der Waals surface area contributed by atoms with Crippen molar-refractivity contribution < 1.29 is 13.2 Å². The highest BCUT2D eigenvalue weighted by molar-refractivity contribution is 7.92. The standard InChI is InChI=1S/C20H22N4O3S/c1-14-19(15(2)24(22-14)18-10-5-4-6-11-18)20(25)21-13-16-8-7-9-17(12-16)23-28(3,26)27/h4-12,23H,13H2,1-3H3,(H,21,25). The van der Waals surface area contributed by atoms with Crippen molar-refractivity contribution >= 4 is 21.6 Å². The topological polar surface area (TPSA) is 93.1 Å². The van der Waals surface area contributed by atoms with Gasteiger partial charge in [-0.15, -0.1) is 0 Å². The molecule has 0 spiro atoms. The summed E-state index contributed by atoms with van der Waals surface area (Å²) in [6.07, 6.45) is 1.09. The maximum absolute atomic E-state index is 12.7. The molecule has 1 heterocycles. The lowest BCUT2D eigenvalue weighted by Crippen LogP contribution is -2.24. The molecule has 0 fully saturated rings. The van der Waals surface area contributed by atoms with Gasteiger partial charge in [0.1, 0.15) is 0 Å². The average molecular weight is 398 g/mol. The zero-order chi connectivity index (χ0) is 20.3. The van der Waals surface area contributed by atoms with Crippen LogP contribution in [0, 0.1) is 13.8 Å². The van der Waals surface area contributed by atoms with E-state index in [4.69, 9.17) is 0 Å². The fraction of sp³-hybridized carbons (Fsp3) is 0.200. The van der Waals surface area contributed by atoms with Crippen molar-refractivity contribution in [3.05, 3.63) is 77.1 Å². The van der Waals surface area contributed by atoms with Gasteiger partial charge in [0.25, 0.3) is 5.91 Å². The Hall–Kier alpha value is -3.13. The number of amides is 1. The fourth-order valence-corrected chi connectivity index (χ4v) is 3.58. The van der Waals surface area contributed by atoms with Gasteiger partial charge in [-0.05, 0) is 43.7 Å². The molecule has 2 aromatic carbocycles. The molecule has 0 bridgehead atoms. The molecule has 0 aliphatic carbocycles. The molecule has 146 valence electrons. The first-order valence-corrected chi connectivity index (χ1v) is 10.6. The number of carbonyl (C=O) groups is 1. The molecule has 8 heteroatoms. The van der Waals surface area contributed by atoms with Gasteiger partial charge in [0.2, 0.25) is 10.0 Å². The molecule has 0 saturated carbocycles. The summed E-state index contributed by atoms with van der Waals surface area (Å²) in [5.41, 5.74) is 4.07. The summed E-state index contributed by atoms with van der Waals surface area (Å²) < 4.78 is 26.9. The molecule has 1 amide bonds. The van der Waals surface area contributed by atoms with Crippen LogP contribution in [-0.2, 0) is 16.6 Å². The van der Waals surface area contributed by atoms with Gasteiger partial charge in [0.05, 0.1) is 28.9 Å². The molecule has 2 N–H and O–H groups in total. The highest BCUT2D eigenvalue weighted by Crippen LogP contribution is 2.18. The van der Waals surface area contributed by atoms with Crippen molar-refractivity contribution in [1.82, 2.24) is 15.1 Å². The van der Waals surface area contributed by atoms with Crippen LogP contribution in [0.4, 0.5) is 5.69 Å². The van der Waals surface area contributed by atoms with Gasteiger partial charge in [-0.3, -0.25) is 9.52 Å². The number of aryl methyl sites for hydroxylation is 1. The highest BCUT2D eigenvalue weighted by atomic mass is 32.2. The molecule has 0 aliphatic rings. The normalized spacial score (nSPS) is 11.2. The van der Waals surface area contributed by atoms with E-state index in [0.29, 0.717) is 16.9 Å². The second-order valence-electron chi connectivity index (χ2n) is 6.55. The van der Waals surface area contributed by atoms with Crippen molar-refractivity contribution in [1.29, 1.82) is 0 Å². The summed E-state index contributed by atoms with van der Waals surface area (Å²) in [7, 11) is -3.35. The Morgan fingerprint density at radius 1 is 1.07 bits per heavy atom. The molecular weight excluding hydrogens is 376 g/mol. The van der Waals surface area contributed by atoms with E-state index in [2.05, 4.69) is 15.1 Å².